The molecule has 1 aliphatic heterocycles. The minimum absolute atomic E-state index is 0.0222. The lowest BCUT2D eigenvalue weighted by molar-refractivity contribution is 0.0314. The molecule has 0 unspecified atom stereocenters. The van der Waals surface area contributed by atoms with Gasteiger partial charge in [0.05, 0.1) is 43.7 Å². The Morgan fingerprint density at radius 3 is 2.64 bits per heavy atom. The van der Waals surface area contributed by atoms with E-state index in [-0.39, 0.29) is 35.2 Å². The Morgan fingerprint density at radius 1 is 1.19 bits per heavy atom. The van der Waals surface area contributed by atoms with Gasteiger partial charge in [0.1, 0.15) is 0 Å². The molecule has 194 valence electrons. The summed E-state index contributed by atoms with van der Waals surface area (Å²) in [7, 11) is -3.76. The number of sulfone groups is 1. The van der Waals surface area contributed by atoms with Crippen LogP contribution in [0.4, 0.5) is 0 Å². The summed E-state index contributed by atoms with van der Waals surface area (Å²) in [4.78, 5) is 21.5. The van der Waals surface area contributed by atoms with Gasteiger partial charge >= 0.3 is 0 Å². The number of imidazole rings is 1. The maximum Gasteiger partial charge on any atom is 0.289 e. The third kappa shape index (κ3) is 6.36. The van der Waals surface area contributed by atoms with E-state index in [9.17, 15) is 13.2 Å². The normalized spacial score (nSPS) is 14.9. The molecule has 1 fully saturated rings. The van der Waals surface area contributed by atoms with E-state index in [1.807, 2.05) is 13.8 Å². The van der Waals surface area contributed by atoms with Crippen molar-refractivity contribution in [3.63, 3.8) is 0 Å². The van der Waals surface area contributed by atoms with Crippen molar-refractivity contribution in [3.8, 4) is 0 Å². The maximum absolute atomic E-state index is 13.3. The maximum atomic E-state index is 13.3. The van der Waals surface area contributed by atoms with Crippen LogP contribution in [0.25, 0.3) is 0 Å². The Bertz CT molecular complexity index is 1270. The number of benzene rings is 1. The Kier molecular flexibility index (Phi) is 8.50. The average molecular weight is 535 g/mol. The van der Waals surface area contributed by atoms with Crippen molar-refractivity contribution in [3.05, 3.63) is 70.9 Å². The fourth-order valence-electron chi connectivity index (χ4n) is 4.28. The van der Waals surface area contributed by atoms with Crippen LogP contribution in [0.1, 0.15) is 41.7 Å². The van der Waals surface area contributed by atoms with Crippen molar-refractivity contribution < 1.29 is 22.4 Å². The van der Waals surface area contributed by atoms with Gasteiger partial charge in [0.2, 0.25) is 15.0 Å². The zero-order valence-corrected chi connectivity index (χ0v) is 22.0. The van der Waals surface area contributed by atoms with E-state index in [0.29, 0.717) is 42.6 Å². The number of furan rings is 1. The topological polar surface area (TPSA) is 97.9 Å². The van der Waals surface area contributed by atoms with Crippen LogP contribution in [0.2, 0.25) is 5.02 Å². The first-order valence-electron chi connectivity index (χ1n) is 11.9. The number of rotatable bonds is 10. The molecule has 0 radical (unpaired) electrons. The number of amides is 1. The highest BCUT2D eigenvalue weighted by molar-refractivity contribution is 7.90. The zero-order chi connectivity index (χ0) is 25.7. The first kappa shape index (κ1) is 26.4. The molecule has 36 heavy (non-hydrogen) atoms. The van der Waals surface area contributed by atoms with Crippen molar-refractivity contribution in [1.82, 2.24) is 19.4 Å². The summed E-state index contributed by atoms with van der Waals surface area (Å²) >= 11 is 6.05. The number of nitrogens with zero attached hydrogens (tertiary/aromatic N) is 4. The van der Waals surface area contributed by atoms with E-state index < -0.39 is 9.84 Å². The Morgan fingerprint density at radius 2 is 1.97 bits per heavy atom. The van der Waals surface area contributed by atoms with E-state index in [1.54, 1.807) is 52.1 Å². The number of hydrogen-bond donors (Lipinski definition) is 0. The summed E-state index contributed by atoms with van der Waals surface area (Å²) in [6, 6.07) is 9.90. The molecule has 3 aromatic rings. The molecule has 1 aromatic carbocycles. The van der Waals surface area contributed by atoms with Crippen molar-refractivity contribution in [2.45, 2.75) is 37.3 Å². The van der Waals surface area contributed by atoms with E-state index in [2.05, 4.69) is 9.88 Å². The molecule has 1 aliphatic rings. The summed E-state index contributed by atoms with van der Waals surface area (Å²) in [5.41, 5.74) is 1.22. The Balaban J connectivity index is 1.60. The van der Waals surface area contributed by atoms with Gasteiger partial charge in [-0.3, -0.25) is 9.69 Å². The van der Waals surface area contributed by atoms with E-state index in [0.717, 1.165) is 13.1 Å². The number of hydrogen-bond acceptors (Lipinski definition) is 7. The summed E-state index contributed by atoms with van der Waals surface area (Å²) < 4.78 is 39.2. The molecule has 4 rings (SSSR count). The predicted molar refractivity (Wildman–Crippen MR) is 136 cm³/mol. The fourth-order valence-corrected chi connectivity index (χ4v) is 6.08. The molecule has 0 N–H and O–H groups in total. The second-order valence-corrected chi connectivity index (χ2v) is 11.4. The van der Waals surface area contributed by atoms with Crippen LogP contribution in [-0.4, -0.2) is 73.1 Å². The highest BCUT2D eigenvalue weighted by Crippen LogP contribution is 2.24. The summed E-state index contributed by atoms with van der Waals surface area (Å²) in [6.07, 6.45) is 3.01. The van der Waals surface area contributed by atoms with Crippen molar-refractivity contribution in [2.24, 2.45) is 0 Å². The predicted octanol–water partition coefficient (Wildman–Crippen LogP) is 3.66. The molecular weight excluding hydrogens is 504 g/mol. The molecule has 11 heteroatoms. The molecule has 3 heterocycles. The number of morpholine rings is 1. The molecule has 0 atom stereocenters. The highest BCUT2D eigenvalue weighted by atomic mass is 35.5. The number of carbonyl (C=O) groups excluding carboxylic acids is 1. The van der Waals surface area contributed by atoms with Gasteiger partial charge in [0.25, 0.3) is 5.91 Å². The van der Waals surface area contributed by atoms with Crippen LogP contribution < -0.4 is 0 Å². The van der Waals surface area contributed by atoms with E-state index in [1.165, 1.54) is 6.26 Å². The van der Waals surface area contributed by atoms with Crippen LogP contribution in [0, 0.1) is 0 Å². The van der Waals surface area contributed by atoms with Crippen LogP contribution in [0.15, 0.2) is 58.4 Å². The monoisotopic (exact) mass is 534 g/mol. The number of aromatic nitrogens is 2. The molecule has 2 aromatic heterocycles. The van der Waals surface area contributed by atoms with Crippen molar-refractivity contribution >= 4 is 27.3 Å². The molecule has 0 aliphatic carbocycles. The summed E-state index contributed by atoms with van der Waals surface area (Å²) in [5, 5.41) is 0.453. The molecular formula is C25H31ClN4O5S. The van der Waals surface area contributed by atoms with Gasteiger partial charge in [0.15, 0.2) is 5.76 Å². The van der Waals surface area contributed by atoms with Gasteiger partial charge in [-0.2, -0.15) is 0 Å². The molecule has 1 amide bonds. The third-order valence-electron chi connectivity index (χ3n) is 6.04. The van der Waals surface area contributed by atoms with Crippen molar-refractivity contribution in [1.29, 1.82) is 0 Å². The quantitative estimate of drug-likeness (QED) is 0.391. The lowest BCUT2D eigenvalue weighted by atomic mass is 10.2. The molecule has 9 nitrogen and oxygen atoms in total. The minimum atomic E-state index is -3.76. The van der Waals surface area contributed by atoms with Gasteiger partial charge in [-0.25, -0.2) is 13.4 Å². The minimum Gasteiger partial charge on any atom is -0.459 e. The first-order valence-corrected chi connectivity index (χ1v) is 13.9. The second-order valence-electron chi connectivity index (χ2n) is 9.04. The van der Waals surface area contributed by atoms with Gasteiger partial charge in [-0.1, -0.05) is 23.7 Å². The standard InChI is InChI=1S/C25H31ClN4O5S/c1-19(2)30-22(16-27-25(30)36(32,33)18-20-5-3-6-21(26)15-20)17-29(24(31)23-7-4-12-35-23)9-8-28-10-13-34-14-11-28/h3-7,12,15-16,19H,8-11,13-14,17-18H2,1-2H3. The highest BCUT2D eigenvalue weighted by Gasteiger charge is 2.28. The lowest BCUT2D eigenvalue weighted by Gasteiger charge is -2.30. The molecule has 1 saturated heterocycles. The van der Waals surface area contributed by atoms with Gasteiger partial charge in [-0.15, -0.1) is 0 Å². The van der Waals surface area contributed by atoms with Gasteiger partial charge < -0.3 is 18.6 Å². The van der Waals surface area contributed by atoms with Crippen LogP contribution in [0.3, 0.4) is 0 Å². The van der Waals surface area contributed by atoms with Crippen LogP contribution in [-0.2, 0) is 26.9 Å². The zero-order valence-electron chi connectivity index (χ0n) is 20.5. The van der Waals surface area contributed by atoms with Crippen LogP contribution in [0.5, 0.6) is 0 Å². The van der Waals surface area contributed by atoms with E-state index in [4.69, 9.17) is 20.8 Å². The largest absolute Gasteiger partial charge is 0.459 e. The van der Waals surface area contributed by atoms with Gasteiger partial charge in [-0.05, 0) is 43.7 Å². The molecule has 0 saturated carbocycles. The smallest absolute Gasteiger partial charge is 0.289 e. The molecule has 0 spiro atoms. The lowest BCUT2D eigenvalue weighted by Crippen LogP contribution is -2.43. The average Bonchev–Trinajstić information content (AvgIpc) is 3.52. The second kappa shape index (κ2) is 11.6. The SMILES string of the molecule is CC(C)n1c(CN(CCN2CCOCC2)C(=O)c2ccco2)cnc1S(=O)(=O)Cc1cccc(Cl)c1. The summed E-state index contributed by atoms with van der Waals surface area (Å²) in [6.45, 7) is 8.06. The van der Waals surface area contributed by atoms with E-state index >= 15 is 0 Å². The number of carbonyl (C=O) groups is 1. The van der Waals surface area contributed by atoms with Crippen molar-refractivity contribution in [2.75, 3.05) is 39.4 Å². The van der Waals surface area contributed by atoms with Crippen LogP contribution >= 0.6 is 11.6 Å². The molecule has 0 bridgehead atoms. The Labute approximate surface area is 216 Å². The Hall–Kier alpha value is -2.66. The number of ether oxygens (including phenoxy) is 1. The summed E-state index contributed by atoms with van der Waals surface area (Å²) in [5.74, 6) is -0.238. The fraction of sp³-hybridized carbons (Fsp3) is 0.440. The third-order valence-corrected chi connectivity index (χ3v) is 7.85. The first-order chi connectivity index (χ1) is 17.2. The van der Waals surface area contributed by atoms with Gasteiger partial charge in [0, 0.05) is 37.2 Å². The number of halogens is 1.